The average Bonchev–Trinajstić information content (AvgIpc) is 3.80. The summed E-state index contributed by atoms with van der Waals surface area (Å²) >= 11 is 0. The number of rotatable bonds is 9. The van der Waals surface area contributed by atoms with Crippen molar-refractivity contribution in [3.63, 3.8) is 0 Å². The van der Waals surface area contributed by atoms with Crippen molar-refractivity contribution in [2.45, 2.75) is 0 Å². The summed E-state index contributed by atoms with van der Waals surface area (Å²) in [7, 11) is 0. The fourth-order valence-corrected chi connectivity index (χ4v) is 8.89. The summed E-state index contributed by atoms with van der Waals surface area (Å²) in [6.07, 6.45) is 0. The molecule has 0 saturated carbocycles. The smallest absolute Gasteiger partial charge is 0.136 e. The lowest BCUT2D eigenvalue weighted by atomic mass is 9.89. The molecule has 0 aliphatic heterocycles. The van der Waals surface area contributed by atoms with Crippen LogP contribution in [0.2, 0.25) is 0 Å². The lowest BCUT2D eigenvalue weighted by Gasteiger charge is -2.27. The molecule has 10 aromatic carbocycles. The quantitative estimate of drug-likeness (QED) is 0.145. The highest BCUT2D eigenvalue weighted by Gasteiger charge is 2.18. The van der Waals surface area contributed by atoms with Gasteiger partial charge in [0.2, 0.25) is 0 Å². The van der Waals surface area contributed by atoms with Gasteiger partial charge in [-0.1, -0.05) is 206 Å². The van der Waals surface area contributed by atoms with Gasteiger partial charge in [0.1, 0.15) is 11.3 Å². The van der Waals surface area contributed by atoms with E-state index in [0.717, 1.165) is 61.6 Å². The van der Waals surface area contributed by atoms with Crippen LogP contribution in [-0.2, 0) is 0 Å². The molecule has 0 N–H and O–H groups in total. The molecule has 0 amide bonds. The Morgan fingerprint density at radius 1 is 0.274 bits per heavy atom. The molecule has 62 heavy (non-hydrogen) atoms. The molecule has 0 spiro atoms. The number of benzene rings is 10. The molecule has 0 fully saturated rings. The summed E-state index contributed by atoms with van der Waals surface area (Å²) in [5.41, 5.74) is 17.1. The van der Waals surface area contributed by atoms with Gasteiger partial charge in [0.15, 0.2) is 0 Å². The molecule has 292 valence electrons. The van der Waals surface area contributed by atoms with Crippen molar-refractivity contribution in [2.75, 3.05) is 4.90 Å². The maximum atomic E-state index is 6.29. The number of para-hydroxylation sites is 1. The van der Waals surface area contributed by atoms with Gasteiger partial charge in [-0.2, -0.15) is 0 Å². The third-order valence-electron chi connectivity index (χ3n) is 11.9. The minimum absolute atomic E-state index is 0.876. The third-order valence-corrected chi connectivity index (χ3v) is 11.9. The van der Waals surface area contributed by atoms with Crippen LogP contribution in [0.5, 0.6) is 0 Å². The first-order chi connectivity index (χ1) is 30.7. The first kappa shape index (κ1) is 36.8. The van der Waals surface area contributed by atoms with Crippen LogP contribution in [0.3, 0.4) is 0 Å². The van der Waals surface area contributed by atoms with Gasteiger partial charge in [-0.05, 0) is 103 Å². The first-order valence-corrected chi connectivity index (χ1v) is 21.2. The molecule has 11 rings (SSSR count). The zero-order valence-corrected chi connectivity index (χ0v) is 34.0. The molecule has 1 heterocycles. The van der Waals surface area contributed by atoms with E-state index in [1.165, 1.54) is 44.2 Å². The van der Waals surface area contributed by atoms with Crippen molar-refractivity contribution in [1.82, 2.24) is 0 Å². The molecule has 2 heteroatoms. The Balaban J connectivity index is 0.932. The minimum atomic E-state index is 0.876. The number of nitrogens with zero attached hydrogens (tertiary/aromatic N) is 1. The standard InChI is InChI=1S/C60H41NO/c1-2-15-44(16-3-1)51-20-7-10-24-55(51)56-25-11-8-21-52(56)47-35-39-50(40-36-47)61(58-27-14-19-45-17-4-6-23-54(45)58)49-37-33-43(34-38-49)42-29-31-46(32-30-42)53-22-9-12-26-57(53)60-41-48-18-5-13-28-59(48)62-60/h1-41H. The van der Waals surface area contributed by atoms with Gasteiger partial charge in [0, 0.05) is 27.7 Å². The number of hydrogen-bond donors (Lipinski definition) is 0. The number of anilines is 3. The monoisotopic (exact) mass is 791 g/mol. The maximum absolute atomic E-state index is 6.29. The van der Waals surface area contributed by atoms with Crippen LogP contribution in [0.1, 0.15) is 0 Å². The van der Waals surface area contributed by atoms with E-state index >= 15 is 0 Å². The van der Waals surface area contributed by atoms with E-state index in [1.54, 1.807) is 0 Å². The predicted octanol–water partition coefficient (Wildman–Crippen LogP) is 17.1. The van der Waals surface area contributed by atoms with E-state index in [-0.39, 0.29) is 0 Å². The molecular weight excluding hydrogens is 751 g/mol. The molecule has 11 aromatic rings. The van der Waals surface area contributed by atoms with Crippen LogP contribution in [0.15, 0.2) is 253 Å². The van der Waals surface area contributed by atoms with E-state index in [0.29, 0.717) is 0 Å². The van der Waals surface area contributed by atoms with E-state index in [2.05, 4.69) is 235 Å². The van der Waals surface area contributed by atoms with Gasteiger partial charge in [-0.15, -0.1) is 0 Å². The fraction of sp³-hybridized carbons (Fsp3) is 0. The molecule has 0 radical (unpaired) electrons. The SMILES string of the molecule is c1ccc(-c2ccccc2-c2ccccc2-c2ccc(N(c3ccc(-c4ccc(-c5ccccc5-c5cc6ccccc6o5)cc4)cc3)c3cccc4ccccc34)cc2)cc1. The van der Waals surface area contributed by atoms with Gasteiger partial charge in [-0.3, -0.25) is 0 Å². The van der Waals surface area contributed by atoms with Crippen LogP contribution in [-0.4, -0.2) is 0 Å². The topological polar surface area (TPSA) is 16.4 Å². The predicted molar refractivity (Wildman–Crippen MR) is 261 cm³/mol. The van der Waals surface area contributed by atoms with E-state index < -0.39 is 0 Å². The van der Waals surface area contributed by atoms with Gasteiger partial charge in [0.25, 0.3) is 0 Å². The molecule has 0 unspecified atom stereocenters. The van der Waals surface area contributed by atoms with Crippen molar-refractivity contribution in [3.8, 4) is 67.0 Å². The maximum Gasteiger partial charge on any atom is 0.136 e. The molecular formula is C60H41NO. The van der Waals surface area contributed by atoms with Crippen LogP contribution in [0.25, 0.3) is 88.7 Å². The summed E-state index contributed by atoms with van der Waals surface area (Å²) < 4.78 is 6.29. The fourth-order valence-electron chi connectivity index (χ4n) is 8.89. The van der Waals surface area contributed by atoms with Crippen molar-refractivity contribution in [3.05, 3.63) is 249 Å². The summed E-state index contributed by atoms with van der Waals surface area (Å²) in [5, 5.41) is 3.51. The van der Waals surface area contributed by atoms with E-state index in [9.17, 15) is 0 Å². The summed E-state index contributed by atoms with van der Waals surface area (Å²) in [6, 6.07) is 89.0. The van der Waals surface area contributed by atoms with Crippen molar-refractivity contribution in [1.29, 1.82) is 0 Å². The Morgan fingerprint density at radius 2 is 0.694 bits per heavy atom. The highest BCUT2D eigenvalue weighted by molar-refractivity contribution is 5.99. The minimum Gasteiger partial charge on any atom is -0.456 e. The summed E-state index contributed by atoms with van der Waals surface area (Å²) in [5.74, 6) is 0.876. The molecule has 0 bridgehead atoms. The van der Waals surface area contributed by atoms with Crippen molar-refractivity contribution in [2.24, 2.45) is 0 Å². The summed E-state index contributed by atoms with van der Waals surface area (Å²) in [6.45, 7) is 0. The van der Waals surface area contributed by atoms with Crippen LogP contribution < -0.4 is 4.90 Å². The Hall–Kier alpha value is -8.20. The number of furan rings is 1. The largest absolute Gasteiger partial charge is 0.456 e. The Morgan fingerprint density at radius 3 is 1.31 bits per heavy atom. The molecule has 1 aromatic heterocycles. The van der Waals surface area contributed by atoms with Crippen molar-refractivity contribution < 1.29 is 4.42 Å². The zero-order chi connectivity index (χ0) is 41.2. The normalized spacial score (nSPS) is 11.2. The van der Waals surface area contributed by atoms with Crippen LogP contribution in [0.4, 0.5) is 17.1 Å². The highest BCUT2D eigenvalue weighted by atomic mass is 16.3. The van der Waals surface area contributed by atoms with E-state index in [4.69, 9.17) is 4.42 Å². The van der Waals surface area contributed by atoms with Crippen LogP contribution >= 0.6 is 0 Å². The number of hydrogen-bond acceptors (Lipinski definition) is 2. The van der Waals surface area contributed by atoms with E-state index in [1.807, 2.05) is 18.2 Å². The molecule has 0 aliphatic rings. The van der Waals surface area contributed by atoms with Crippen molar-refractivity contribution >= 4 is 38.8 Å². The van der Waals surface area contributed by atoms with Crippen LogP contribution in [0, 0.1) is 0 Å². The second-order valence-electron chi connectivity index (χ2n) is 15.7. The number of fused-ring (bicyclic) bond motifs is 2. The highest BCUT2D eigenvalue weighted by Crippen LogP contribution is 2.43. The Bertz CT molecular complexity index is 3290. The van der Waals surface area contributed by atoms with Gasteiger partial charge in [0.05, 0.1) is 5.69 Å². The van der Waals surface area contributed by atoms with Gasteiger partial charge in [-0.25, -0.2) is 0 Å². The second-order valence-corrected chi connectivity index (χ2v) is 15.7. The molecule has 2 nitrogen and oxygen atoms in total. The third kappa shape index (κ3) is 6.94. The average molecular weight is 792 g/mol. The zero-order valence-electron chi connectivity index (χ0n) is 34.0. The molecule has 0 aliphatic carbocycles. The van der Waals surface area contributed by atoms with Gasteiger partial charge >= 0.3 is 0 Å². The second kappa shape index (κ2) is 16.1. The molecule has 0 atom stereocenters. The Kier molecular flexibility index (Phi) is 9.57. The Labute approximate surface area is 362 Å². The molecule has 0 saturated heterocycles. The lowest BCUT2D eigenvalue weighted by Crippen LogP contribution is -2.10. The summed E-state index contributed by atoms with van der Waals surface area (Å²) in [4.78, 5) is 2.38. The first-order valence-electron chi connectivity index (χ1n) is 21.2. The lowest BCUT2D eigenvalue weighted by molar-refractivity contribution is 0.632. The van der Waals surface area contributed by atoms with Gasteiger partial charge < -0.3 is 9.32 Å².